The van der Waals surface area contributed by atoms with E-state index in [4.69, 9.17) is 18.9 Å². The molecular formula is C26H32N4O6. The van der Waals surface area contributed by atoms with Crippen LogP contribution in [-0.4, -0.2) is 55.3 Å². The van der Waals surface area contributed by atoms with Gasteiger partial charge in [-0.2, -0.15) is 0 Å². The third-order valence-corrected chi connectivity index (χ3v) is 5.33. The van der Waals surface area contributed by atoms with E-state index in [9.17, 15) is 9.59 Å². The van der Waals surface area contributed by atoms with Crippen LogP contribution in [-0.2, 0) is 11.8 Å². The van der Waals surface area contributed by atoms with E-state index in [1.807, 2.05) is 37.6 Å². The zero-order chi connectivity index (χ0) is 26.2. The molecule has 10 heteroatoms. The summed E-state index contributed by atoms with van der Waals surface area (Å²) in [5.74, 6) is 1.88. The molecule has 10 nitrogen and oxygen atoms in total. The Morgan fingerprint density at radius 2 is 1.64 bits per heavy atom. The quantitative estimate of drug-likeness (QED) is 0.420. The van der Waals surface area contributed by atoms with Gasteiger partial charge in [0.25, 0.3) is 11.8 Å². The molecule has 1 unspecified atom stereocenters. The molecule has 0 bridgehead atoms. The molecule has 0 fully saturated rings. The van der Waals surface area contributed by atoms with Crippen LogP contribution in [0.3, 0.4) is 0 Å². The molecule has 1 atom stereocenters. The second-order valence-corrected chi connectivity index (χ2v) is 8.33. The largest absolute Gasteiger partial charge is 0.497 e. The van der Waals surface area contributed by atoms with Crippen LogP contribution in [0, 0.1) is 0 Å². The summed E-state index contributed by atoms with van der Waals surface area (Å²) in [4.78, 5) is 29.7. The lowest BCUT2D eigenvalue weighted by molar-refractivity contribution is -0.123. The summed E-state index contributed by atoms with van der Waals surface area (Å²) in [6.45, 7) is 3.57. The molecule has 2 N–H and O–H groups in total. The molecule has 3 rings (SSSR count). The van der Waals surface area contributed by atoms with Crippen molar-refractivity contribution in [3.8, 4) is 23.0 Å². The van der Waals surface area contributed by atoms with Gasteiger partial charge in [-0.3, -0.25) is 9.59 Å². The van der Waals surface area contributed by atoms with E-state index in [2.05, 4.69) is 15.6 Å². The van der Waals surface area contributed by atoms with Crippen molar-refractivity contribution in [1.82, 2.24) is 20.2 Å². The molecule has 0 aliphatic heterocycles. The molecule has 0 saturated carbocycles. The Balaban J connectivity index is 1.87. The number of nitrogens with one attached hydrogen (secondary N) is 2. The lowest BCUT2D eigenvalue weighted by Gasteiger charge is -2.21. The molecule has 0 aliphatic rings. The van der Waals surface area contributed by atoms with Crippen molar-refractivity contribution in [3.63, 3.8) is 0 Å². The predicted molar refractivity (Wildman–Crippen MR) is 134 cm³/mol. The standard InChI is InChI=1S/C26H32N4O6/c1-16(2)28-23(31)15-36-21-8-7-17(13-22(21)35-6)26(32)29-24(25-27-9-10-30(25)3)18-11-19(33-4)14-20(12-18)34-5/h7-14,16,24H,15H2,1-6H3,(H,28,31)(H,29,32). The topological polar surface area (TPSA) is 113 Å². The summed E-state index contributed by atoms with van der Waals surface area (Å²) in [5.41, 5.74) is 1.08. The number of methoxy groups -OCH3 is 3. The summed E-state index contributed by atoms with van der Waals surface area (Å²) in [5, 5.41) is 5.80. The first-order chi connectivity index (χ1) is 17.2. The van der Waals surface area contributed by atoms with Crippen LogP contribution >= 0.6 is 0 Å². The van der Waals surface area contributed by atoms with Crippen molar-refractivity contribution in [2.75, 3.05) is 27.9 Å². The number of rotatable bonds is 11. The Morgan fingerprint density at radius 1 is 0.944 bits per heavy atom. The van der Waals surface area contributed by atoms with Crippen LogP contribution in [0.2, 0.25) is 0 Å². The van der Waals surface area contributed by atoms with Crippen LogP contribution in [0.4, 0.5) is 0 Å². The number of ether oxygens (including phenoxy) is 4. The Labute approximate surface area is 210 Å². The average Bonchev–Trinajstić information content (AvgIpc) is 3.30. The number of hydrogen-bond acceptors (Lipinski definition) is 7. The van der Waals surface area contributed by atoms with Gasteiger partial charge < -0.3 is 34.1 Å². The van der Waals surface area contributed by atoms with Crippen molar-refractivity contribution in [1.29, 1.82) is 0 Å². The van der Waals surface area contributed by atoms with E-state index in [1.165, 1.54) is 7.11 Å². The number of benzene rings is 2. The number of aromatic nitrogens is 2. The fourth-order valence-corrected chi connectivity index (χ4v) is 3.60. The van der Waals surface area contributed by atoms with Gasteiger partial charge in [-0.15, -0.1) is 0 Å². The third-order valence-electron chi connectivity index (χ3n) is 5.33. The van der Waals surface area contributed by atoms with Crippen molar-refractivity contribution >= 4 is 11.8 Å². The highest BCUT2D eigenvalue weighted by Crippen LogP contribution is 2.31. The molecule has 36 heavy (non-hydrogen) atoms. The summed E-state index contributed by atoms with van der Waals surface area (Å²) in [7, 11) is 6.45. The summed E-state index contributed by atoms with van der Waals surface area (Å²) >= 11 is 0. The molecule has 1 aromatic heterocycles. The SMILES string of the molecule is COc1cc(OC)cc(C(NC(=O)c2ccc(OCC(=O)NC(C)C)c(OC)c2)c2nccn2C)c1. The predicted octanol–water partition coefficient (Wildman–Crippen LogP) is 2.87. The fraction of sp³-hybridized carbons (Fsp3) is 0.346. The van der Waals surface area contributed by atoms with E-state index >= 15 is 0 Å². The van der Waals surface area contributed by atoms with Gasteiger partial charge in [0.1, 0.15) is 23.4 Å². The molecule has 192 valence electrons. The number of carbonyl (C=O) groups is 2. The number of hydrogen-bond donors (Lipinski definition) is 2. The van der Waals surface area contributed by atoms with E-state index in [0.29, 0.717) is 34.4 Å². The van der Waals surface area contributed by atoms with Crippen molar-refractivity contribution in [2.45, 2.75) is 25.9 Å². The fourth-order valence-electron chi connectivity index (χ4n) is 3.60. The minimum absolute atomic E-state index is 0.00489. The monoisotopic (exact) mass is 496 g/mol. The van der Waals surface area contributed by atoms with Crippen molar-refractivity contribution in [3.05, 3.63) is 65.7 Å². The Morgan fingerprint density at radius 3 is 2.19 bits per heavy atom. The summed E-state index contributed by atoms with van der Waals surface area (Å²) < 4.78 is 23.6. The Hall–Kier alpha value is -4.21. The Kier molecular flexibility index (Phi) is 8.77. The minimum atomic E-state index is -0.594. The first kappa shape index (κ1) is 26.4. The lowest BCUT2D eigenvalue weighted by atomic mass is 10.0. The van der Waals surface area contributed by atoms with Crippen LogP contribution in [0.5, 0.6) is 23.0 Å². The van der Waals surface area contributed by atoms with Gasteiger partial charge in [0.2, 0.25) is 0 Å². The van der Waals surface area contributed by atoms with Gasteiger partial charge in [-0.1, -0.05) is 0 Å². The molecule has 0 aliphatic carbocycles. The third kappa shape index (κ3) is 6.47. The van der Waals surface area contributed by atoms with E-state index in [-0.39, 0.29) is 24.5 Å². The molecule has 1 heterocycles. The second kappa shape index (κ2) is 12.0. The maximum absolute atomic E-state index is 13.3. The zero-order valence-corrected chi connectivity index (χ0v) is 21.3. The summed E-state index contributed by atoms with van der Waals surface area (Å²) in [6, 6.07) is 9.58. The molecule has 2 amide bonds. The maximum Gasteiger partial charge on any atom is 0.258 e. The van der Waals surface area contributed by atoms with Crippen LogP contribution in [0.1, 0.15) is 41.6 Å². The summed E-state index contributed by atoms with van der Waals surface area (Å²) in [6.07, 6.45) is 3.47. The molecule has 0 spiro atoms. The number of imidazole rings is 1. The second-order valence-electron chi connectivity index (χ2n) is 8.33. The zero-order valence-electron chi connectivity index (χ0n) is 21.3. The van der Waals surface area contributed by atoms with Gasteiger partial charge in [0.05, 0.1) is 21.3 Å². The molecule has 2 aromatic carbocycles. The number of aryl methyl sites for hydroxylation is 1. The maximum atomic E-state index is 13.3. The average molecular weight is 497 g/mol. The highest BCUT2D eigenvalue weighted by molar-refractivity contribution is 5.95. The van der Waals surface area contributed by atoms with Crippen LogP contribution in [0.25, 0.3) is 0 Å². The first-order valence-corrected chi connectivity index (χ1v) is 11.4. The van der Waals surface area contributed by atoms with Gasteiger partial charge in [0, 0.05) is 37.1 Å². The molecule has 0 saturated heterocycles. The lowest BCUT2D eigenvalue weighted by Crippen LogP contribution is -2.34. The van der Waals surface area contributed by atoms with E-state index in [1.54, 1.807) is 50.9 Å². The Bertz CT molecular complexity index is 1180. The number of carbonyl (C=O) groups excluding carboxylic acids is 2. The van der Waals surface area contributed by atoms with Gasteiger partial charge in [-0.25, -0.2) is 4.98 Å². The van der Waals surface area contributed by atoms with Gasteiger partial charge in [0.15, 0.2) is 18.1 Å². The smallest absolute Gasteiger partial charge is 0.258 e. The van der Waals surface area contributed by atoms with E-state index in [0.717, 1.165) is 5.56 Å². The van der Waals surface area contributed by atoms with Crippen molar-refractivity contribution in [2.24, 2.45) is 7.05 Å². The van der Waals surface area contributed by atoms with E-state index < -0.39 is 6.04 Å². The van der Waals surface area contributed by atoms with Crippen LogP contribution < -0.4 is 29.6 Å². The number of amides is 2. The number of nitrogens with zero attached hydrogens (tertiary/aromatic N) is 2. The highest BCUT2D eigenvalue weighted by atomic mass is 16.5. The van der Waals surface area contributed by atoms with Crippen LogP contribution in [0.15, 0.2) is 48.8 Å². The van der Waals surface area contributed by atoms with Crippen molar-refractivity contribution < 1.29 is 28.5 Å². The molecule has 0 radical (unpaired) electrons. The molecular weight excluding hydrogens is 464 g/mol. The normalized spacial score (nSPS) is 11.5. The minimum Gasteiger partial charge on any atom is -0.497 e. The van der Waals surface area contributed by atoms with Gasteiger partial charge in [-0.05, 0) is 49.7 Å². The molecule has 3 aromatic rings. The first-order valence-electron chi connectivity index (χ1n) is 11.4. The highest BCUT2D eigenvalue weighted by Gasteiger charge is 2.24. The van der Waals surface area contributed by atoms with Gasteiger partial charge >= 0.3 is 0 Å².